The summed E-state index contributed by atoms with van der Waals surface area (Å²) in [7, 11) is 0. The van der Waals surface area contributed by atoms with Crippen LogP contribution in [-0.4, -0.2) is 9.78 Å². The van der Waals surface area contributed by atoms with Crippen molar-refractivity contribution < 1.29 is 0 Å². The van der Waals surface area contributed by atoms with Gasteiger partial charge in [-0.2, -0.15) is 5.10 Å². The van der Waals surface area contributed by atoms with Crippen LogP contribution >= 0.6 is 0 Å². The second-order valence-corrected chi connectivity index (χ2v) is 5.58. The van der Waals surface area contributed by atoms with Crippen molar-refractivity contribution in [2.24, 2.45) is 5.84 Å². The van der Waals surface area contributed by atoms with Gasteiger partial charge in [0.05, 0.1) is 11.7 Å². The Kier molecular flexibility index (Phi) is 5.15. The normalized spacial score (nSPS) is 12.6. The molecule has 0 bridgehead atoms. The van der Waals surface area contributed by atoms with Crippen LogP contribution in [0.1, 0.15) is 48.0 Å². The number of aromatic nitrogens is 2. The van der Waals surface area contributed by atoms with Crippen molar-refractivity contribution in [3.05, 3.63) is 52.3 Å². The fourth-order valence-electron chi connectivity index (χ4n) is 2.81. The van der Waals surface area contributed by atoms with E-state index in [0.717, 1.165) is 25.1 Å². The monoisotopic (exact) mass is 286 g/mol. The average Bonchev–Trinajstić information content (AvgIpc) is 2.87. The maximum atomic E-state index is 5.81. The van der Waals surface area contributed by atoms with Crippen LogP contribution in [0.3, 0.4) is 0 Å². The van der Waals surface area contributed by atoms with Crippen LogP contribution in [0.25, 0.3) is 0 Å². The zero-order valence-electron chi connectivity index (χ0n) is 13.5. The Labute approximate surface area is 127 Å². The van der Waals surface area contributed by atoms with Crippen molar-refractivity contribution in [2.45, 2.75) is 53.1 Å². The molecule has 0 aliphatic heterocycles. The molecule has 0 amide bonds. The Balaban J connectivity index is 2.28. The predicted molar refractivity (Wildman–Crippen MR) is 87.0 cm³/mol. The summed E-state index contributed by atoms with van der Waals surface area (Å²) >= 11 is 0. The highest BCUT2D eigenvalue weighted by Gasteiger charge is 2.16. The van der Waals surface area contributed by atoms with E-state index in [2.05, 4.69) is 67.2 Å². The molecule has 21 heavy (non-hydrogen) atoms. The maximum absolute atomic E-state index is 5.81. The maximum Gasteiger partial charge on any atom is 0.0624 e. The van der Waals surface area contributed by atoms with Crippen LogP contribution < -0.4 is 11.3 Å². The second-order valence-electron chi connectivity index (χ2n) is 5.58. The lowest BCUT2D eigenvalue weighted by molar-refractivity contribution is 0.515. The van der Waals surface area contributed by atoms with E-state index in [4.69, 9.17) is 5.84 Å². The Hall–Kier alpha value is -1.65. The molecule has 0 aliphatic rings. The van der Waals surface area contributed by atoms with Crippen LogP contribution in [0, 0.1) is 13.8 Å². The molecule has 0 radical (unpaired) electrons. The van der Waals surface area contributed by atoms with Gasteiger partial charge in [0.25, 0.3) is 0 Å². The van der Waals surface area contributed by atoms with E-state index in [0.29, 0.717) is 0 Å². The molecule has 2 aromatic rings. The van der Waals surface area contributed by atoms with Crippen molar-refractivity contribution in [2.75, 3.05) is 0 Å². The SMILES string of the molecule is CCc1cc(CC(NN)c2ccc(C)cc2C)n(CC)n1. The molecule has 0 spiro atoms. The van der Waals surface area contributed by atoms with Gasteiger partial charge in [-0.3, -0.25) is 16.0 Å². The Morgan fingerprint density at radius 2 is 2.00 bits per heavy atom. The van der Waals surface area contributed by atoms with Gasteiger partial charge in [-0.25, -0.2) is 0 Å². The van der Waals surface area contributed by atoms with Gasteiger partial charge in [-0.05, 0) is 44.4 Å². The molecule has 0 fully saturated rings. The van der Waals surface area contributed by atoms with Gasteiger partial charge in [0.2, 0.25) is 0 Å². The topological polar surface area (TPSA) is 55.9 Å². The summed E-state index contributed by atoms with van der Waals surface area (Å²) in [5.41, 5.74) is 9.15. The third-order valence-corrected chi connectivity index (χ3v) is 3.99. The number of aryl methyl sites for hydroxylation is 4. The van der Waals surface area contributed by atoms with E-state index in [1.54, 1.807) is 0 Å². The fraction of sp³-hybridized carbons (Fsp3) is 0.471. The van der Waals surface area contributed by atoms with Gasteiger partial charge in [0, 0.05) is 18.7 Å². The van der Waals surface area contributed by atoms with Gasteiger partial charge in [0.15, 0.2) is 0 Å². The van der Waals surface area contributed by atoms with Crippen LogP contribution in [0.15, 0.2) is 24.3 Å². The number of nitrogens with two attached hydrogens (primary N) is 1. The number of nitrogens with one attached hydrogen (secondary N) is 1. The van der Waals surface area contributed by atoms with Crippen LogP contribution in [-0.2, 0) is 19.4 Å². The van der Waals surface area contributed by atoms with Crippen molar-refractivity contribution in [3.63, 3.8) is 0 Å². The number of benzene rings is 1. The largest absolute Gasteiger partial charge is 0.271 e. The van der Waals surface area contributed by atoms with Crippen molar-refractivity contribution in [1.82, 2.24) is 15.2 Å². The molecule has 1 aromatic carbocycles. The van der Waals surface area contributed by atoms with Gasteiger partial charge in [-0.1, -0.05) is 30.7 Å². The van der Waals surface area contributed by atoms with Crippen molar-refractivity contribution >= 4 is 0 Å². The minimum atomic E-state index is 0.109. The van der Waals surface area contributed by atoms with Crippen molar-refractivity contribution in [1.29, 1.82) is 0 Å². The lowest BCUT2D eigenvalue weighted by atomic mass is 9.96. The molecule has 0 aliphatic carbocycles. The zero-order valence-corrected chi connectivity index (χ0v) is 13.5. The Morgan fingerprint density at radius 1 is 1.24 bits per heavy atom. The molecule has 0 saturated carbocycles. The first-order valence-electron chi connectivity index (χ1n) is 7.67. The number of nitrogens with zero attached hydrogens (tertiary/aromatic N) is 2. The minimum Gasteiger partial charge on any atom is -0.271 e. The lowest BCUT2D eigenvalue weighted by Crippen LogP contribution is -2.30. The molecule has 1 aromatic heterocycles. The first-order chi connectivity index (χ1) is 10.1. The third-order valence-electron chi connectivity index (χ3n) is 3.99. The van der Waals surface area contributed by atoms with E-state index < -0.39 is 0 Å². The number of rotatable bonds is 6. The molecular weight excluding hydrogens is 260 g/mol. The molecule has 0 saturated heterocycles. The smallest absolute Gasteiger partial charge is 0.0624 e. The summed E-state index contributed by atoms with van der Waals surface area (Å²) in [5.74, 6) is 5.81. The summed E-state index contributed by atoms with van der Waals surface area (Å²) in [4.78, 5) is 0. The highest BCUT2D eigenvalue weighted by molar-refractivity contribution is 5.33. The number of hydrogen-bond acceptors (Lipinski definition) is 3. The molecule has 1 atom stereocenters. The van der Waals surface area contributed by atoms with E-state index in [1.807, 2.05) is 0 Å². The Bertz CT molecular complexity index is 601. The first-order valence-corrected chi connectivity index (χ1v) is 7.67. The quantitative estimate of drug-likeness (QED) is 0.634. The average molecular weight is 286 g/mol. The summed E-state index contributed by atoms with van der Waals surface area (Å²) in [5, 5.41) is 4.61. The van der Waals surface area contributed by atoms with Crippen LogP contribution in [0.5, 0.6) is 0 Å². The van der Waals surface area contributed by atoms with Crippen molar-refractivity contribution in [3.8, 4) is 0 Å². The van der Waals surface area contributed by atoms with E-state index >= 15 is 0 Å². The predicted octanol–water partition coefficient (Wildman–Crippen LogP) is 2.83. The highest BCUT2D eigenvalue weighted by Crippen LogP contribution is 2.22. The van der Waals surface area contributed by atoms with Crippen LogP contribution in [0.2, 0.25) is 0 Å². The molecule has 4 heteroatoms. The minimum absolute atomic E-state index is 0.109. The molecule has 1 unspecified atom stereocenters. The number of hydrazine groups is 1. The van der Waals surface area contributed by atoms with Gasteiger partial charge < -0.3 is 0 Å². The van der Waals surface area contributed by atoms with Gasteiger partial charge in [-0.15, -0.1) is 0 Å². The summed E-state index contributed by atoms with van der Waals surface area (Å²) in [6.45, 7) is 9.40. The van der Waals surface area contributed by atoms with E-state index in [-0.39, 0.29) is 6.04 Å². The highest BCUT2D eigenvalue weighted by atomic mass is 15.3. The second kappa shape index (κ2) is 6.87. The standard InChI is InChI=1S/C17H26N4/c1-5-14-10-15(21(6-2)20-14)11-17(19-18)16-8-7-12(3)9-13(16)4/h7-10,17,19H,5-6,11,18H2,1-4H3. The molecule has 1 heterocycles. The van der Waals surface area contributed by atoms with Gasteiger partial charge in [0.1, 0.15) is 0 Å². The van der Waals surface area contributed by atoms with Crippen LogP contribution in [0.4, 0.5) is 0 Å². The van der Waals surface area contributed by atoms with Gasteiger partial charge >= 0.3 is 0 Å². The molecular formula is C17H26N4. The lowest BCUT2D eigenvalue weighted by Gasteiger charge is -2.19. The molecule has 3 N–H and O–H groups in total. The first kappa shape index (κ1) is 15.7. The third kappa shape index (κ3) is 3.52. The fourth-order valence-corrected chi connectivity index (χ4v) is 2.81. The molecule has 4 nitrogen and oxygen atoms in total. The van der Waals surface area contributed by atoms with E-state index in [9.17, 15) is 0 Å². The van der Waals surface area contributed by atoms with E-state index in [1.165, 1.54) is 22.4 Å². The zero-order chi connectivity index (χ0) is 15.4. The molecule has 114 valence electrons. The number of hydrogen-bond donors (Lipinski definition) is 2. The summed E-state index contributed by atoms with van der Waals surface area (Å²) < 4.78 is 2.08. The summed E-state index contributed by atoms with van der Waals surface area (Å²) in [6.07, 6.45) is 1.81. The molecule has 2 rings (SSSR count). The summed E-state index contributed by atoms with van der Waals surface area (Å²) in [6, 6.07) is 8.81. The Morgan fingerprint density at radius 3 is 2.57 bits per heavy atom.